The van der Waals surface area contributed by atoms with E-state index >= 15 is 0 Å². The Labute approximate surface area is 103 Å². The van der Waals surface area contributed by atoms with E-state index in [2.05, 4.69) is 15.5 Å². The number of aromatic nitrogens is 2. The number of hydrogen-bond acceptors (Lipinski definition) is 6. The third-order valence-electron chi connectivity index (χ3n) is 2.31. The fourth-order valence-electron chi connectivity index (χ4n) is 1.43. The van der Waals surface area contributed by atoms with Gasteiger partial charge in [0.25, 0.3) is 5.69 Å². The molecule has 0 fully saturated rings. The predicted molar refractivity (Wildman–Crippen MR) is 63.8 cm³/mol. The first-order chi connectivity index (χ1) is 8.70. The molecule has 7 nitrogen and oxygen atoms in total. The molecular formula is C11H12N4O3. The number of benzene rings is 1. The van der Waals surface area contributed by atoms with Crippen molar-refractivity contribution in [3.8, 4) is 11.4 Å². The second kappa shape index (κ2) is 5.37. The van der Waals surface area contributed by atoms with Crippen LogP contribution in [0.1, 0.15) is 12.8 Å². The van der Waals surface area contributed by atoms with Crippen LogP contribution in [0.15, 0.2) is 28.8 Å². The summed E-state index contributed by atoms with van der Waals surface area (Å²) in [5.41, 5.74) is 0.571. The van der Waals surface area contributed by atoms with Crippen molar-refractivity contribution in [2.75, 3.05) is 6.54 Å². The zero-order chi connectivity index (χ0) is 13.0. The van der Waals surface area contributed by atoms with Gasteiger partial charge in [-0.2, -0.15) is 4.98 Å². The molecule has 94 valence electrons. The number of nitrogens with zero attached hydrogens (tertiary/aromatic N) is 3. The summed E-state index contributed by atoms with van der Waals surface area (Å²) in [7, 11) is 0. The number of nitrogens with one attached hydrogen (secondary N) is 1. The maximum absolute atomic E-state index is 10.7. The first-order valence-electron chi connectivity index (χ1n) is 5.49. The van der Waals surface area contributed by atoms with Crippen LogP contribution in [0, 0.1) is 10.1 Å². The van der Waals surface area contributed by atoms with E-state index in [0.29, 0.717) is 23.8 Å². The molecule has 0 aliphatic rings. The van der Waals surface area contributed by atoms with Gasteiger partial charge in [-0.05, 0) is 6.54 Å². The Bertz CT molecular complexity index is 553. The molecule has 1 heterocycles. The molecule has 0 atom stereocenters. The van der Waals surface area contributed by atoms with Crippen LogP contribution in [0.3, 0.4) is 0 Å². The Morgan fingerprint density at radius 3 is 3.06 bits per heavy atom. The summed E-state index contributed by atoms with van der Waals surface area (Å²) in [5, 5.41) is 17.5. The smallest absolute Gasteiger partial charge is 0.270 e. The topological polar surface area (TPSA) is 94.1 Å². The minimum Gasteiger partial charge on any atom is -0.338 e. The van der Waals surface area contributed by atoms with Gasteiger partial charge in [-0.3, -0.25) is 10.1 Å². The van der Waals surface area contributed by atoms with E-state index < -0.39 is 4.92 Å². The van der Waals surface area contributed by atoms with Crippen LogP contribution in [0.2, 0.25) is 0 Å². The molecule has 0 aliphatic heterocycles. The molecule has 2 aromatic rings. The molecule has 0 aliphatic carbocycles. The molecule has 0 radical (unpaired) electrons. The summed E-state index contributed by atoms with van der Waals surface area (Å²) in [6.45, 7) is 3.25. The molecular weight excluding hydrogens is 236 g/mol. The Kier molecular flexibility index (Phi) is 3.63. The molecule has 0 bridgehead atoms. The van der Waals surface area contributed by atoms with Gasteiger partial charge in [-0.15, -0.1) is 0 Å². The van der Waals surface area contributed by atoms with Crippen LogP contribution in [0.5, 0.6) is 0 Å². The normalized spacial score (nSPS) is 10.5. The lowest BCUT2D eigenvalue weighted by atomic mass is 10.2. The van der Waals surface area contributed by atoms with Crippen molar-refractivity contribution >= 4 is 5.69 Å². The summed E-state index contributed by atoms with van der Waals surface area (Å²) in [4.78, 5) is 14.4. The molecule has 7 heteroatoms. The highest BCUT2D eigenvalue weighted by Crippen LogP contribution is 2.21. The highest BCUT2D eigenvalue weighted by Gasteiger charge is 2.12. The average molecular weight is 248 g/mol. The van der Waals surface area contributed by atoms with Crippen molar-refractivity contribution in [3.05, 3.63) is 40.3 Å². The van der Waals surface area contributed by atoms with E-state index in [-0.39, 0.29) is 5.69 Å². The first-order valence-corrected chi connectivity index (χ1v) is 5.49. The number of non-ortho nitro benzene ring substituents is 1. The van der Waals surface area contributed by atoms with Gasteiger partial charge in [-0.1, -0.05) is 24.2 Å². The lowest BCUT2D eigenvalue weighted by Gasteiger charge is -1.94. The summed E-state index contributed by atoms with van der Waals surface area (Å²) in [6, 6.07) is 6.13. The van der Waals surface area contributed by atoms with Crippen molar-refractivity contribution in [3.63, 3.8) is 0 Å². The van der Waals surface area contributed by atoms with E-state index in [1.165, 1.54) is 12.1 Å². The average Bonchev–Trinajstić information content (AvgIpc) is 2.85. The molecule has 0 saturated heterocycles. The van der Waals surface area contributed by atoms with Gasteiger partial charge in [0, 0.05) is 17.7 Å². The number of hydrogen-bond donors (Lipinski definition) is 1. The van der Waals surface area contributed by atoms with Gasteiger partial charge in [0.05, 0.1) is 11.5 Å². The molecule has 0 spiro atoms. The van der Waals surface area contributed by atoms with Crippen LogP contribution in [0.25, 0.3) is 11.4 Å². The molecule has 18 heavy (non-hydrogen) atoms. The largest absolute Gasteiger partial charge is 0.338 e. The van der Waals surface area contributed by atoms with E-state index in [1.807, 2.05) is 6.92 Å². The summed E-state index contributed by atoms with van der Waals surface area (Å²) in [6.07, 6.45) is 0. The predicted octanol–water partition coefficient (Wildman–Crippen LogP) is 1.75. The molecule has 2 rings (SSSR count). The molecule has 1 aromatic carbocycles. The Morgan fingerprint density at radius 2 is 2.33 bits per heavy atom. The fourth-order valence-corrected chi connectivity index (χ4v) is 1.43. The molecule has 1 N–H and O–H groups in total. The molecule has 0 unspecified atom stereocenters. The van der Waals surface area contributed by atoms with Crippen LogP contribution in [-0.4, -0.2) is 21.6 Å². The Balaban J connectivity index is 2.23. The van der Waals surface area contributed by atoms with Crippen LogP contribution >= 0.6 is 0 Å². The monoisotopic (exact) mass is 248 g/mol. The van der Waals surface area contributed by atoms with Crippen LogP contribution < -0.4 is 5.32 Å². The number of nitro benzene ring substituents is 1. The second-order valence-electron chi connectivity index (χ2n) is 3.60. The van der Waals surface area contributed by atoms with Gasteiger partial charge in [0.2, 0.25) is 11.7 Å². The third-order valence-corrected chi connectivity index (χ3v) is 2.31. The first kappa shape index (κ1) is 12.2. The third kappa shape index (κ3) is 2.69. The zero-order valence-electron chi connectivity index (χ0n) is 9.79. The van der Waals surface area contributed by atoms with E-state index in [9.17, 15) is 10.1 Å². The molecule has 0 amide bonds. The van der Waals surface area contributed by atoms with Crippen molar-refractivity contribution in [1.29, 1.82) is 0 Å². The summed E-state index contributed by atoms with van der Waals surface area (Å²) >= 11 is 0. The maximum atomic E-state index is 10.7. The SMILES string of the molecule is CCNCc1nc(-c2cccc([N+](=O)[O-])c2)no1. The summed E-state index contributed by atoms with van der Waals surface area (Å²) < 4.78 is 5.03. The van der Waals surface area contributed by atoms with Crippen molar-refractivity contribution in [2.45, 2.75) is 13.5 Å². The van der Waals surface area contributed by atoms with Crippen molar-refractivity contribution in [1.82, 2.24) is 15.5 Å². The zero-order valence-corrected chi connectivity index (χ0v) is 9.79. The fraction of sp³-hybridized carbons (Fsp3) is 0.273. The lowest BCUT2D eigenvalue weighted by Crippen LogP contribution is -2.11. The summed E-state index contributed by atoms with van der Waals surface area (Å²) in [5.74, 6) is 0.810. The second-order valence-corrected chi connectivity index (χ2v) is 3.60. The van der Waals surface area contributed by atoms with Crippen molar-refractivity contribution in [2.24, 2.45) is 0 Å². The van der Waals surface area contributed by atoms with E-state index in [1.54, 1.807) is 12.1 Å². The van der Waals surface area contributed by atoms with Crippen LogP contribution in [0.4, 0.5) is 5.69 Å². The minimum atomic E-state index is -0.455. The van der Waals surface area contributed by atoms with Crippen molar-refractivity contribution < 1.29 is 9.45 Å². The Hall–Kier alpha value is -2.28. The van der Waals surface area contributed by atoms with E-state index in [0.717, 1.165) is 6.54 Å². The van der Waals surface area contributed by atoms with Gasteiger partial charge in [-0.25, -0.2) is 0 Å². The van der Waals surface area contributed by atoms with E-state index in [4.69, 9.17) is 4.52 Å². The highest BCUT2D eigenvalue weighted by atomic mass is 16.6. The lowest BCUT2D eigenvalue weighted by molar-refractivity contribution is -0.384. The minimum absolute atomic E-state index is 0.00512. The standard InChI is InChI=1S/C11H12N4O3/c1-2-12-7-10-13-11(14-18-10)8-4-3-5-9(6-8)15(16)17/h3-6,12H,2,7H2,1H3. The van der Waals surface area contributed by atoms with Gasteiger partial charge in [0.15, 0.2) is 0 Å². The molecule has 1 aromatic heterocycles. The molecule has 0 saturated carbocycles. The number of nitro groups is 1. The van der Waals surface area contributed by atoms with Gasteiger partial charge in [0.1, 0.15) is 0 Å². The highest BCUT2D eigenvalue weighted by molar-refractivity contribution is 5.58. The Morgan fingerprint density at radius 1 is 1.50 bits per heavy atom. The van der Waals surface area contributed by atoms with Gasteiger partial charge >= 0.3 is 0 Å². The van der Waals surface area contributed by atoms with Crippen LogP contribution in [-0.2, 0) is 6.54 Å². The quantitative estimate of drug-likeness (QED) is 0.640. The maximum Gasteiger partial charge on any atom is 0.270 e. The number of rotatable bonds is 5. The van der Waals surface area contributed by atoms with Gasteiger partial charge < -0.3 is 9.84 Å².